The predicted molar refractivity (Wildman–Crippen MR) is 51.8 cm³/mol. The highest BCUT2D eigenvalue weighted by Crippen LogP contribution is 2.16. The summed E-state index contributed by atoms with van der Waals surface area (Å²) in [6, 6.07) is 3.02. The lowest BCUT2D eigenvalue weighted by Gasteiger charge is -2.15. The number of hydrogen-bond acceptors (Lipinski definition) is 5. The molecule has 6 nitrogen and oxygen atoms in total. The van der Waals surface area contributed by atoms with E-state index in [9.17, 15) is 9.90 Å². The number of rotatable bonds is 2. The van der Waals surface area contributed by atoms with Crippen LogP contribution >= 0.6 is 0 Å². The number of aliphatic hydroxyl groups excluding tert-OH is 1. The van der Waals surface area contributed by atoms with Crippen LogP contribution in [0.5, 0.6) is 0 Å². The zero-order valence-electron chi connectivity index (χ0n) is 8.00. The van der Waals surface area contributed by atoms with Gasteiger partial charge in [0.05, 0.1) is 6.10 Å². The van der Waals surface area contributed by atoms with Gasteiger partial charge < -0.3 is 15.1 Å². The van der Waals surface area contributed by atoms with E-state index in [0.29, 0.717) is 18.8 Å². The summed E-state index contributed by atoms with van der Waals surface area (Å²) in [6.07, 6.45) is 0.383. The Morgan fingerprint density at radius 3 is 2.73 bits per heavy atom. The minimum absolute atomic E-state index is 0.0708. The number of carbonyl (C=O) groups is 1. The lowest BCUT2D eigenvalue weighted by atomic mass is 10.3. The summed E-state index contributed by atoms with van der Waals surface area (Å²) in [5.41, 5.74) is -0.0708. The number of hydrogen-bond donors (Lipinski definition) is 2. The largest absolute Gasteiger partial charge is 0.476 e. The molecule has 2 heterocycles. The first-order valence-corrected chi connectivity index (χ1v) is 4.67. The average molecular weight is 209 g/mol. The highest BCUT2D eigenvalue weighted by molar-refractivity contribution is 5.85. The van der Waals surface area contributed by atoms with Crippen molar-refractivity contribution in [3.63, 3.8) is 0 Å². The van der Waals surface area contributed by atoms with Gasteiger partial charge in [-0.3, -0.25) is 0 Å². The molecule has 80 valence electrons. The summed E-state index contributed by atoms with van der Waals surface area (Å²) in [5, 5.41) is 25.3. The topological polar surface area (TPSA) is 86.5 Å². The van der Waals surface area contributed by atoms with Crippen molar-refractivity contribution in [1.82, 2.24) is 10.2 Å². The lowest BCUT2D eigenvalue weighted by molar-refractivity contribution is 0.0689. The smallest absolute Gasteiger partial charge is 0.356 e. The number of nitrogens with zero attached hydrogens (tertiary/aromatic N) is 3. The van der Waals surface area contributed by atoms with Gasteiger partial charge in [0.2, 0.25) is 0 Å². The van der Waals surface area contributed by atoms with Crippen molar-refractivity contribution < 1.29 is 15.0 Å². The third-order valence-electron chi connectivity index (χ3n) is 2.36. The average Bonchev–Trinajstić information content (AvgIpc) is 2.65. The number of aromatic nitrogens is 2. The SMILES string of the molecule is O=C(O)c1ccc(N2CCC(O)C2)nn1. The number of β-amino-alcohol motifs (C(OH)–C–C–N with tert-alkyl or cyclic N) is 1. The van der Waals surface area contributed by atoms with Crippen LogP contribution in [0, 0.1) is 0 Å². The van der Waals surface area contributed by atoms with Crippen LogP contribution in [0.2, 0.25) is 0 Å². The highest BCUT2D eigenvalue weighted by atomic mass is 16.4. The third-order valence-corrected chi connectivity index (χ3v) is 2.36. The fourth-order valence-electron chi connectivity index (χ4n) is 1.56. The monoisotopic (exact) mass is 209 g/mol. The molecule has 1 aromatic heterocycles. The van der Waals surface area contributed by atoms with E-state index >= 15 is 0 Å². The Bertz CT molecular complexity index is 365. The molecule has 2 rings (SSSR count). The molecule has 1 fully saturated rings. The molecule has 1 unspecified atom stereocenters. The van der Waals surface area contributed by atoms with Gasteiger partial charge >= 0.3 is 5.97 Å². The summed E-state index contributed by atoms with van der Waals surface area (Å²) in [6.45, 7) is 1.25. The lowest BCUT2D eigenvalue weighted by Crippen LogP contribution is -2.22. The molecule has 0 radical (unpaired) electrons. The van der Waals surface area contributed by atoms with Crippen molar-refractivity contribution in [3.05, 3.63) is 17.8 Å². The zero-order valence-corrected chi connectivity index (χ0v) is 8.00. The molecule has 1 aliphatic rings. The van der Waals surface area contributed by atoms with Gasteiger partial charge in [0.25, 0.3) is 0 Å². The van der Waals surface area contributed by atoms with E-state index in [4.69, 9.17) is 5.11 Å². The van der Waals surface area contributed by atoms with Gasteiger partial charge in [0.1, 0.15) is 0 Å². The van der Waals surface area contributed by atoms with Crippen molar-refractivity contribution in [2.24, 2.45) is 0 Å². The second-order valence-corrected chi connectivity index (χ2v) is 3.47. The number of aromatic carboxylic acids is 1. The normalized spacial score (nSPS) is 20.6. The number of carboxylic acid groups (broad SMARTS) is 1. The standard InChI is InChI=1S/C9H11N3O3/c13-6-3-4-12(5-6)8-2-1-7(9(14)15)10-11-8/h1-2,6,13H,3-5H2,(H,14,15). The van der Waals surface area contributed by atoms with Crippen LogP contribution < -0.4 is 4.90 Å². The van der Waals surface area contributed by atoms with Crippen LogP contribution in [0.3, 0.4) is 0 Å². The van der Waals surface area contributed by atoms with Crippen LogP contribution in [-0.2, 0) is 0 Å². The Morgan fingerprint density at radius 2 is 2.27 bits per heavy atom. The van der Waals surface area contributed by atoms with Gasteiger partial charge in [-0.25, -0.2) is 4.79 Å². The summed E-state index contributed by atoms with van der Waals surface area (Å²) in [7, 11) is 0. The Kier molecular flexibility index (Phi) is 2.51. The maximum absolute atomic E-state index is 10.5. The Hall–Kier alpha value is -1.69. The third kappa shape index (κ3) is 2.04. The van der Waals surface area contributed by atoms with E-state index in [1.54, 1.807) is 6.07 Å². The fourth-order valence-corrected chi connectivity index (χ4v) is 1.56. The molecule has 0 aromatic carbocycles. The van der Waals surface area contributed by atoms with Crippen molar-refractivity contribution >= 4 is 11.8 Å². The Balaban J connectivity index is 2.13. The maximum Gasteiger partial charge on any atom is 0.356 e. The molecule has 1 aliphatic heterocycles. The molecule has 1 aromatic rings. The van der Waals surface area contributed by atoms with Crippen molar-refractivity contribution in [3.8, 4) is 0 Å². The molecular formula is C9H11N3O3. The Morgan fingerprint density at radius 1 is 1.47 bits per heavy atom. The van der Waals surface area contributed by atoms with Gasteiger partial charge in [0.15, 0.2) is 11.5 Å². The van der Waals surface area contributed by atoms with Gasteiger partial charge in [-0.1, -0.05) is 0 Å². The highest BCUT2D eigenvalue weighted by Gasteiger charge is 2.21. The number of aliphatic hydroxyl groups is 1. The molecule has 1 saturated heterocycles. The van der Waals surface area contributed by atoms with E-state index < -0.39 is 5.97 Å². The van der Waals surface area contributed by atoms with Gasteiger partial charge in [-0.2, -0.15) is 0 Å². The van der Waals surface area contributed by atoms with Crippen LogP contribution in [0.15, 0.2) is 12.1 Å². The van der Waals surface area contributed by atoms with Gasteiger partial charge in [0, 0.05) is 13.1 Å². The van der Waals surface area contributed by atoms with Gasteiger partial charge in [-0.15, -0.1) is 10.2 Å². The quantitative estimate of drug-likeness (QED) is 0.698. The van der Waals surface area contributed by atoms with Crippen LogP contribution in [0.25, 0.3) is 0 Å². The van der Waals surface area contributed by atoms with Crippen LogP contribution in [0.4, 0.5) is 5.82 Å². The minimum Gasteiger partial charge on any atom is -0.476 e. The first kappa shape index (κ1) is 9.85. The zero-order chi connectivity index (χ0) is 10.8. The second-order valence-electron chi connectivity index (χ2n) is 3.47. The summed E-state index contributed by atoms with van der Waals surface area (Å²) in [4.78, 5) is 12.4. The molecular weight excluding hydrogens is 198 g/mol. The summed E-state index contributed by atoms with van der Waals surface area (Å²) < 4.78 is 0. The molecule has 15 heavy (non-hydrogen) atoms. The Labute approximate surface area is 86.2 Å². The molecule has 0 spiro atoms. The van der Waals surface area contributed by atoms with Gasteiger partial charge in [-0.05, 0) is 18.6 Å². The summed E-state index contributed by atoms with van der Waals surface area (Å²) >= 11 is 0. The second kappa shape index (κ2) is 3.82. The molecule has 6 heteroatoms. The fraction of sp³-hybridized carbons (Fsp3) is 0.444. The first-order valence-electron chi connectivity index (χ1n) is 4.67. The maximum atomic E-state index is 10.5. The number of carboxylic acids is 1. The summed E-state index contributed by atoms with van der Waals surface area (Å²) in [5.74, 6) is -0.480. The van der Waals surface area contributed by atoms with Crippen LogP contribution in [0.1, 0.15) is 16.9 Å². The van der Waals surface area contributed by atoms with Crippen molar-refractivity contribution in [2.45, 2.75) is 12.5 Å². The first-order chi connectivity index (χ1) is 7.16. The molecule has 0 saturated carbocycles. The van der Waals surface area contributed by atoms with E-state index in [1.165, 1.54) is 6.07 Å². The van der Waals surface area contributed by atoms with Crippen LogP contribution in [-0.4, -0.2) is 45.6 Å². The van der Waals surface area contributed by atoms with E-state index in [1.807, 2.05) is 4.90 Å². The molecule has 2 N–H and O–H groups in total. The number of anilines is 1. The van der Waals surface area contributed by atoms with Crippen molar-refractivity contribution in [2.75, 3.05) is 18.0 Å². The molecule has 0 amide bonds. The van der Waals surface area contributed by atoms with Crippen molar-refractivity contribution in [1.29, 1.82) is 0 Å². The minimum atomic E-state index is -1.09. The molecule has 0 aliphatic carbocycles. The molecule has 1 atom stereocenters. The van der Waals surface area contributed by atoms with E-state index in [-0.39, 0.29) is 11.8 Å². The van der Waals surface area contributed by atoms with E-state index in [2.05, 4.69) is 10.2 Å². The predicted octanol–water partition coefficient (Wildman–Crippen LogP) is -0.254. The van der Waals surface area contributed by atoms with E-state index in [0.717, 1.165) is 6.54 Å². The molecule has 0 bridgehead atoms.